The molecule has 3 aromatic rings. The molecule has 0 aliphatic carbocycles. The van der Waals surface area contributed by atoms with Crippen molar-refractivity contribution in [3.63, 3.8) is 0 Å². The number of carbonyl (C=O) groups is 1. The molecule has 1 aromatic carbocycles. The van der Waals surface area contributed by atoms with Crippen LogP contribution in [0.5, 0.6) is 5.88 Å². The first-order valence-corrected chi connectivity index (χ1v) is 7.45. The van der Waals surface area contributed by atoms with Gasteiger partial charge in [-0.25, -0.2) is 9.97 Å². The highest BCUT2D eigenvalue weighted by Gasteiger charge is 2.16. The molecular weight excluding hydrogens is 290 g/mol. The van der Waals surface area contributed by atoms with E-state index in [9.17, 15) is 4.79 Å². The third-order valence-corrected chi connectivity index (χ3v) is 3.49. The van der Waals surface area contributed by atoms with Gasteiger partial charge in [-0.3, -0.25) is 4.79 Å². The number of aromatic amines is 1. The maximum Gasteiger partial charge on any atom is 0.226 e. The molecule has 0 unspecified atom stereocenters. The third kappa shape index (κ3) is 3.29. The van der Waals surface area contributed by atoms with Gasteiger partial charge in [-0.05, 0) is 18.6 Å². The van der Waals surface area contributed by atoms with Gasteiger partial charge in [0.05, 0.1) is 17.6 Å². The number of benzene rings is 1. The molecule has 5 heteroatoms. The van der Waals surface area contributed by atoms with Crippen molar-refractivity contribution in [2.24, 2.45) is 0 Å². The van der Waals surface area contributed by atoms with E-state index in [0.717, 1.165) is 6.42 Å². The molecule has 0 bridgehead atoms. The van der Waals surface area contributed by atoms with Gasteiger partial charge >= 0.3 is 0 Å². The van der Waals surface area contributed by atoms with Crippen molar-refractivity contribution < 1.29 is 9.53 Å². The quantitative estimate of drug-likeness (QED) is 0.560. The zero-order valence-corrected chi connectivity index (χ0v) is 12.8. The second kappa shape index (κ2) is 6.87. The lowest BCUT2D eigenvalue weighted by atomic mass is 10.1. The first kappa shape index (κ1) is 15.0. The average molecular weight is 307 g/mol. The van der Waals surface area contributed by atoms with Crippen molar-refractivity contribution in [3.05, 3.63) is 66.1 Å². The Morgan fingerprint density at radius 2 is 2.09 bits per heavy atom. The topological polar surface area (TPSA) is 67.9 Å². The molecule has 0 saturated carbocycles. The molecule has 23 heavy (non-hydrogen) atoms. The molecule has 0 spiro atoms. The van der Waals surface area contributed by atoms with Crippen LogP contribution in [0.15, 0.2) is 55.0 Å². The molecule has 0 amide bonds. The van der Waals surface area contributed by atoms with E-state index in [4.69, 9.17) is 4.74 Å². The number of allylic oxidation sites excluding steroid dienone is 2. The molecule has 0 aliphatic rings. The predicted molar refractivity (Wildman–Crippen MR) is 88.7 cm³/mol. The summed E-state index contributed by atoms with van der Waals surface area (Å²) >= 11 is 0. The number of nitrogens with one attached hydrogen (secondary N) is 1. The Hall–Kier alpha value is -2.95. The van der Waals surface area contributed by atoms with Gasteiger partial charge in [0.1, 0.15) is 12.0 Å². The summed E-state index contributed by atoms with van der Waals surface area (Å²) < 4.78 is 5.80. The Labute approximate surface area is 134 Å². The Kier molecular flexibility index (Phi) is 4.47. The van der Waals surface area contributed by atoms with Crippen molar-refractivity contribution in [1.29, 1.82) is 0 Å². The molecular formula is C18H17N3O2. The van der Waals surface area contributed by atoms with E-state index in [1.54, 1.807) is 19.2 Å². The smallest absolute Gasteiger partial charge is 0.226 e. The molecule has 116 valence electrons. The van der Waals surface area contributed by atoms with Gasteiger partial charge in [-0.15, -0.1) is 0 Å². The SMILES string of the molecule is C/C=C/C(=O)c1c[nH]c2ncnc(OCCc3ccccc3)c12. The highest BCUT2D eigenvalue weighted by Crippen LogP contribution is 2.25. The number of fused-ring (bicyclic) bond motifs is 1. The Morgan fingerprint density at radius 1 is 1.26 bits per heavy atom. The van der Waals surface area contributed by atoms with E-state index >= 15 is 0 Å². The van der Waals surface area contributed by atoms with Gasteiger partial charge in [0.2, 0.25) is 5.88 Å². The Morgan fingerprint density at radius 3 is 2.87 bits per heavy atom. The van der Waals surface area contributed by atoms with Gasteiger partial charge < -0.3 is 9.72 Å². The molecule has 3 rings (SSSR count). The maximum absolute atomic E-state index is 12.1. The van der Waals surface area contributed by atoms with E-state index in [2.05, 4.69) is 27.1 Å². The van der Waals surface area contributed by atoms with Gasteiger partial charge in [0, 0.05) is 12.6 Å². The van der Waals surface area contributed by atoms with Crippen molar-refractivity contribution in [1.82, 2.24) is 15.0 Å². The highest BCUT2D eigenvalue weighted by atomic mass is 16.5. The van der Waals surface area contributed by atoms with Crippen molar-refractivity contribution in [2.75, 3.05) is 6.61 Å². The Bertz CT molecular complexity index is 838. The van der Waals surface area contributed by atoms with Crippen LogP contribution in [-0.4, -0.2) is 27.3 Å². The monoisotopic (exact) mass is 307 g/mol. The van der Waals surface area contributed by atoms with Crippen molar-refractivity contribution in [2.45, 2.75) is 13.3 Å². The summed E-state index contributed by atoms with van der Waals surface area (Å²) in [7, 11) is 0. The third-order valence-electron chi connectivity index (χ3n) is 3.49. The molecule has 0 radical (unpaired) electrons. The second-order valence-corrected chi connectivity index (χ2v) is 5.05. The van der Waals surface area contributed by atoms with Crippen LogP contribution < -0.4 is 4.74 Å². The van der Waals surface area contributed by atoms with Gasteiger partial charge in [-0.1, -0.05) is 36.4 Å². The number of hydrogen-bond donors (Lipinski definition) is 1. The molecule has 1 N–H and O–H groups in total. The fraction of sp³-hybridized carbons (Fsp3) is 0.167. The van der Waals surface area contributed by atoms with Crippen LogP contribution >= 0.6 is 0 Å². The lowest BCUT2D eigenvalue weighted by Gasteiger charge is -2.07. The number of rotatable bonds is 6. The summed E-state index contributed by atoms with van der Waals surface area (Å²) in [5.41, 5.74) is 2.31. The minimum atomic E-state index is -0.0959. The van der Waals surface area contributed by atoms with E-state index in [-0.39, 0.29) is 5.78 Å². The minimum Gasteiger partial charge on any atom is -0.477 e. The molecule has 2 aromatic heterocycles. The van der Waals surface area contributed by atoms with E-state index in [1.807, 2.05) is 18.2 Å². The zero-order valence-electron chi connectivity index (χ0n) is 12.8. The fourth-order valence-corrected chi connectivity index (χ4v) is 2.39. The summed E-state index contributed by atoms with van der Waals surface area (Å²) in [6, 6.07) is 10.1. The van der Waals surface area contributed by atoms with Crippen LogP contribution in [0.25, 0.3) is 11.0 Å². The number of ether oxygens (including phenoxy) is 1. The summed E-state index contributed by atoms with van der Waals surface area (Å²) in [5.74, 6) is 0.335. The second-order valence-electron chi connectivity index (χ2n) is 5.05. The summed E-state index contributed by atoms with van der Waals surface area (Å²) in [4.78, 5) is 23.5. The van der Waals surface area contributed by atoms with E-state index < -0.39 is 0 Å². The lowest BCUT2D eigenvalue weighted by Crippen LogP contribution is -2.04. The number of carbonyl (C=O) groups excluding carboxylic acids is 1. The van der Waals surface area contributed by atoms with Gasteiger partial charge in [-0.2, -0.15) is 0 Å². The normalized spacial score (nSPS) is 11.2. The summed E-state index contributed by atoms with van der Waals surface area (Å²) in [6.45, 7) is 2.29. The van der Waals surface area contributed by atoms with Gasteiger partial charge in [0.15, 0.2) is 5.78 Å². The summed E-state index contributed by atoms with van der Waals surface area (Å²) in [6.07, 6.45) is 7.07. The van der Waals surface area contributed by atoms with Crippen molar-refractivity contribution >= 4 is 16.8 Å². The van der Waals surface area contributed by atoms with Gasteiger partial charge in [0.25, 0.3) is 0 Å². The summed E-state index contributed by atoms with van der Waals surface area (Å²) in [5, 5.41) is 0.628. The maximum atomic E-state index is 12.1. The van der Waals surface area contributed by atoms with Crippen LogP contribution in [0.2, 0.25) is 0 Å². The number of nitrogens with zero attached hydrogens (tertiary/aromatic N) is 2. The zero-order chi connectivity index (χ0) is 16.1. The lowest BCUT2D eigenvalue weighted by molar-refractivity contribution is 0.104. The number of H-pyrrole nitrogens is 1. The predicted octanol–water partition coefficient (Wildman–Crippen LogP) is 3.34. The Balaban J connectivity index is 1.82. The van der Waals surface area contributed by atoms with Crippen LogP contribution in [0, 0.1) is 0 Å². The van der Waals surface area contributed by atoms with Crippen LogP contribution in [-0.2, 0) is 6.42 Å². The average Bonchev–Trinajstić information content (AvgIpc) is 3.01. The van der Waals surface area contributed by atoms with Crippen LogP contribution in [0.3, 0.4) is 0 Å². The number of ketones is 1. The fourth-order valence-electron chi connectivity index (χ4n) is 2.39. The number of hydrogen-bond acceptors (Lipinski definition) is 4. The molecule has 0 atom stereocenters. The standard InChI is InChI=1S/C18H17N3O2/c1-2-6-15(22)14-11-19-17-16(14)18(21-12-20-17)23-10-9-13-7-4-3-5-8-13/h2-8,11-12H,9-10H2,1H3,(H,19,20,21)/b6-2+. The van der Waals surface area contributed by atoms with Crippen LogP contribution in [0.4, 0.5) is 0 Å². The first-order chi connectivity index (χ1) is 11.3. The molecule has 2 heterocycles. The van der Waals surface area contributed by atoms with Crippen LogP contribution in [0.1, 0.15) is 22.8 Å². The molecule has 5 nitrogen and oxygen atoms in total. The minimum absolute atomic E-state index is 0.0959. The first-order valence-electron chi connectivity index (χ1n) is 7.45. The molecule has 0 saturated heterocycles. The molecule has 0 fully saturated rings. The largest absolute Gasteiger partial charge is 0.477 e. The van der Waals surface area contributed by atoms with E-state index in [1.165, 1.54) is 18.0 Å². The van der Waals surface area contributed by atoms with E-state index in [0.29, 0.717) is 29.1 Å². The molecule has 0 aliphatic heterocycles. The van der Waals surface area contributed by atoms with Crippen molar-refractivity contribution in [3.8, 4) is 5.88 Å². The number of aromatic nitrogens is 3. The highest BCUT2D eigenvalue weighted by molar-refractivity contribution is 6.13.